The summed E-state index contributed by atoms with van der Waals surface area (Å²) in [6.45, 7) is 5.63. The molecule has 1 fully saturated rings. The number of likely N-dealkylation sites (tertiary alicyclic amines) is 1. The third-order valence-electron chi connectivity index (χ3n) is 3.31. The van der Waals surface area contributed by atoms with E-state index >= 15 is 0 Å². The minimum Gasteiger partial charge on any atom is -0.310 e. The Morgan fingerprint density at radius 2 is 2.47 bits per heavy atom. The van der Waals surface area contributed by atoms with Crippen molar-refractivity contribution < 1.29 is 0 Å². The Balaban J connectivity index is 1.73. The van der Waals surface area contributed by atoms with Crippen LogP contribution < -0.4 is 5.32 Å². The van der Waals surface area contributed by atoms with Crippen molar-refractivity contribution in [3.8, 4) is 0 Å². The zero-order chi connectivity index (χ0) is 10.7. The maximum atomic E-state index is 3.57. The number of nitrogens with one attached hydrogen (secondary N) is 1. The van der Waals surface area contributed by atoms with Gasteiger partial charge >= 0.3 is 0 Å². The minimum absolute atomic E-state index is 0.755. The van der Waals surface area contributed by atoms with Crippen LogP contribution in [-0.2, 0) is 6.54 Å². The topological polar surface area (TPSA) is 15.3 Å². The molecule has 2 nitrogen and oxygen atoms in total. The summed E-state index contributed by atoms with van der Waals surface area (Å²) >= 11 is 1.86. The largest absolute Gasteiger partial charge is 0.310 e. The Morgan fingerprint density at radius 1 is 1.60 bits per heavy atom. The van der Waals surface area contributed by atoms with Crippen molar-refractivity contribution in [3.05, 3.63) is 21.9 Å². The molecule has 1 aliphatic rings. The van der Waals surface area contributed by atoms with Crippen molar-refractivity contribution in [3.63, 3.8) is 0 Å². The molecule has 1 saturated heterocycles. The van der Waals surface area contributed by atoms with Crippen molar-refractivity contribution in [1.29, 1.82) is 0 Å². The molecule has 2 rings (SSSR count). The number of aryl methyl sites for hydroxylation is 1. The van der Waals surface area contributed by atoms with Crippen molar-refractivity contribution >= 4 is 11.3 Å². The zero-order valence-electron chi connectivity index (χ0n) is 9.62. The van der Waals surface area contributed by atoms with E-state index in [-0.39, 0.29) is 0 Å². The number of hydrogen-bond acceptors (Lipinski definition) is 3. The van der Waals surface area contributed by atoms with Crippen molar-refractivity contribution in [2.24, 2.45) is 0 Å². The van der Waals surface area contributed by atoms with Crippen molar-refractivity contribution in [2.45, 2.75) is 32.4 Å². The average Bonchev–Trinajstić information content (AvgIpc) is 2.78. The Kier molecular flexibility index (Phi) is 3.78. The lowest BCUT2D eigenvalue weighted by atomic mass is 10.2. The maximum Gasteiger partial charge on any atom is 0.0303 e. The summed E-state index contributed by atoms with van der Waals surface area (Å²) in [5, 5.41) is 5.74. The quantitative estimate of drug-likeness (QED) is 0.844. The molecule has 1 aromatic heterocycles. The van der Waals surface area contributed by atoms with E-state index in [2.05, 4.69) is 35.6 Å². The molecule has 0 aliphatic carbocycles. The first-order valence-electron chi connectivity index (χ1n) is 5.71. The molecule has 1 atom stereocenters. The second kappa shape index (κ2) is 5.10. The molecule has 1 unspecified atom stereocenters. The van der Waals surface area contributed by atoms with Gasteiger partial charge in [0.25, 0.3) is 0 Å². The summed E-state index contributed by atoms with van der Waals surface area (Å²) < 4.78 is 0. The highest BCUT2D eigenvalue weighted by Crippen LogP contribution is 2.16. The van der Waals surface area contributed by atoms with E-state index < -0.39 is 0 Å². The van der Waals surface area contributed by atoms with Gasteiger partial charge in [0.15, 0.2) is 0 Å². The van der Waals surface area contributed by atoms with Gasteiger partial charge < -0.3 is 10.2 Å². The van der Waals surface area contributed by atoms with Crippen LogP contribution in [0, 0.1) is 6.92 Å². The fraction of sp³-hybridized carbons (Fsp3) is 0.667. The molecule has 15 heavy (non-hydrogen) atoms. The first-order chi connectivity index (χ1) is 7.27. The SMILES string of the molecule is Cc1ccsc1CNCC1CCCN1C. The highest BCUT2D eigenvalue weighted by Gasteiger charge is 2.19. The molecular formula is C12H20N2S. The first kappa shape index (κ1) is 11.1. The monoisotopic (exact) mass is 224 g/mol. The lowest BCUT2D eigenvalue weighted by Gasteiger charge is -2.19. The summed E-state index contributed by atoms with van der Waals surface area (Å²) in [5.74, 6) is 0. The Bertz CT molecular complexity index is 308. The van der Waals surface area contributed by atoms with E-state index in [1.54, 1.807) is 0 Å². The first-order valence-corrected chi connectivity index (χ1v) is 6.59. The summed E-state index contributed by atoms with van der Waals surface area (Å²) in [6, 6.07) is 2.95. The summed E-state index contributed by atoms with van der Waals surface area (Å²) in [4.78, 5) is 3.95. The molecule has 1 N–H and O–H groups in total. The second-order valence-corrected chi connectivity index (χ2v) is 5.44. The van der Waals surface area contributed by atoms with Gasteiger partial charge in [-0.25, -0.2) is 0 Å². The van der Waals surface area contributed by atoms with E-state index in [0.29, 0.717) is 0 Å². The van der Waals surface area contributed by atoms with Gasteiger partial charge in [0.1, 0.15) is 0 Å². The fourth-order valence-electron chi connectivity index (χ4n) is 2.17. The summed E-state index contributed by atoms with van der Waals surface area (Å²) in [5.41, 5.74) is 1.42. The van der Waals surface area contributed by atoms with Gasteiger partial charge in [0, 0.05) is 24.0 Å². The molecule has 1 aliphatic heterocycles. The third-order valence-corrected chi connectivity index (χ3v) is 4.33. The van der Waals surface area contributed by atoms with Crippen LogP contribution in [0.25, 0.3) is 0 Å². The predicted octanol–water partition coefficient (Wildman–Crippen LogP) is 2.24. The van der Waals surface area contributed by atoms with Gasteiger partial charge in [-0.15, -0.1) is 11.3 Å². The van der Waals surface area contributed by atoms with E-state index in [9.17, 15) is 0 Å². The molecule has 0 spiro atoms. The lowest BCUT2D eigenvalue weighted by Crippen LogP contribution is -2.35. The van der Waals surface area contributed by atoms with E-state index in [1.165, 1.54) is 29.8 Å². The van der Waals surface area contributed by atoms with Gasteiger partial charge in [0.2, 0.25) is 0 Å². The van der Waals surface area contributed by atoms with E-state index in [1.807, 2.05) is 11.3 Å². The molecular weight excluding hydrogens is 204 g/mol. The normalized spacial score (nSPS) is 22.4. The number of thiophene rings is 1. The third kappa shape index (κ3) is 2.80. The van der Waals surface area contributed by atoms with Crippen LogP contribution >= 0.6 is 11.3 Å². The number of likely N-dealkylation sites (N-methyl/N-ethyl adjacent to an activating group) is 1. The van der Waals surface area contributed by atoms with Gasteiger partial charge in [-0.1, -0.05) is 0 Å². The molecule has 0 amide bonds. The zero-order valence-corrected chi connectivity index (χ0v) is 10.4. The molecule has 1 aromatic rings. The average molecular weight is 224 g/mol. The van der Waals surface area contributed by atoms with Crippen LogP contribution in [0.1, 0.15) is 23.3 Å². The number of rotatable bonds is 4. The molecule has 0 saturated carbocycles. The summed E-state index contributed by atoms with van der Waals surface area (Å²) in [6.07, 6.45) is 2.72. The predicted molar refractivity (Wildman–Crippen MR) is 66.4 cm³/mol. The Labute approximate surface area is 96.3 Å². The number of hydrogen-bond donors (Lipinski definition) is 1. The van der Waals surface area contributed by atoms with E-state index in [0.717, 1.165) is 19.1 Å². The number of nitrogens with zero attached hydrogens (tertiary/aromatic N) is 1. The Hall–Kier alpha value is -0.380. The molecule has 0 aromatic carbocycles. The second-order valence-electron chi connectivity index (χ2n) is 4.43. The van der Waals surface area contributed by atoms with Crippen LogP contribution in [0.3, 0.4) is 0 Å². The standard InChI is InChI=1S/C12H20N2S/c1-10-5-7-15-12(10)9-13-8-11-4-3-6-14(11)2/h5,7,11,13H,3-4,6,8-9H2,1-2H3. The maximum absolute atomic E-state index is 3.57. The molecule has 2 heterocycles. The minimum atomic E-state index is 0.755. The van der Waals surface area contributed by atoms with Gasteiger partial charge in [-0.05, 0) is 50.4 Å². The molecule has 0 radical (unpaired) electrons. The smallest absolute Gasteiger partial charge is 0.0303 e. The molecule has 0 bridgehead atoms. The highest BCUT2D eigenvalue weighted by atomic mass is 32.1. The Morgan fingerprint density at radius 3 is 3.07 bits per heavy atom. The van der Waals surface area contributed by atoms with Gasteiger partial charge in [-0.3, -0.25) is 0 Å². The lowest BCUT2D eigenvalue weighted by molar-refractivity contribution is 0.300. The fourth-order valence-corrected chi connectivity index (χ4v) is 3.05. The highest BCUT2D eigenvalue weighted by molar-refractivity contribution is 7.10. The van der Waals surface area contributed by atoms with Crippen LogP contribution in [0.2, 0.25) is 0 Å². The van der Waals surface area contributed by atoms with Crippen molar-refractivity contribution in [1.82, 2.24) is 10.2 Å². The summed E-state index contributed by atoms with van der Waals surface area (Å²) in [7, 11) is 2.23. The molecule has 3 heteroatoms. The van der Waals surface area contributed by atoms with E-state index in [4.69, 9.17) is 0 Å². The van der Waals surface area contributed by atoms with Gasteiger partial charge in [0.05, 0.1) is 0 Å². The molecule has 84 valence electrons. The van der Waals surface area contributed by atoms with Gasteiger partial charge in [-0.2, -0.15) is 0 Å². The van der Waals surface area contributed by atoms with Crippen molar-refractivity contribution in [2.75, 3.05) is 20.1 Å². The van der Waals surface area contributed by atoms with Crippen LogP contribution in [-0.4, -0.2) is 31.1 Å². The van der Waals surface area contributed by atoms with Crippen LogP contribution in [0.5, 0.6) is 0 Å². The van der Waals surface area contributed by atoms with Crippen LogP contribution in [0.4, 0.5) is 0 Å². The van der Waals surface area contributed by atoms with Crippen LogP contribution in [0.15, 0.2) is 11.4 Å².